The molecule has 124 valence electrons. The van der Waals surface area contributed by atoms with Crippen molar-refractivity contribution in [2.45, 2.75) is 6.92 Å². The molecule has 0 saturated heterocycles. The highest BCUT2D eigenvalue weighted by atomic mass is 19.1. The van der Waals surface area contributed by atoms with Gasteiger partial charge in [0, 0.05) is 18.7 Å². The predicted octanol–water partition coefficient (Wildman–Crippen LogP) is 1.69. The SMILES string of the molecule is Cc1nn2c(=O)c(C(=O)O)c(O)n(C)c2c1-c1ccc(F)cc1F. The first kappa shape index (κ1) is 15.7. The molecule has 0 fully saturated rings. The normalized spacial score (nSPS) is 11.2. The number of fused-ring (bicyclic) bond motifs is 1. The molecule has 0 aliphatic heterocycles. The van der Waals surface area contributed by atoms with Crippen molar-refractivity contribution in [3.05, 3.63) is 51.4 Å². The Kier molecular flexibility index (Phi) is 3.36. The first-order chi connectivity index (χ1) is 11.2. The Bertz CT molecular complexity index is 1070. The Morgan fingerprint density at radius 2 is 1.96 bits per heavy atom. The first-order valence-corrected chi connectivity index (χ1v) is 6.74. The number of halogens is 2. The zero-order valence-corrected chi connectivity index (χ0v) is 12.5. The molecule has 0 atom stereocenters. The van der Waals surface area contributed by atoms with Gasteiger partial charge in [-0.3, -0.25) is 9.36 Å². The van der Waals surface area contributed by atoms with Gasteiger partial charge < -0.3 is 10.2 Å². The van der Waals surface area contributed by atoms with Gasteiger partial charge >= 0.3 is 5.97 Å². The van der Waals surface area contributed by atoms with Crippen molar-refractivity contribution in [2.75, 3.05) is 0 Å². The number of nitrogens with zero attached hydrogens (tertiary/aromatic N) is 3. The molecule has 2 aromatic heterocycles. The lowest BCUT2D eigenvalue weighted by atomic mass is 10.1. The average Bonchev–Trinajstić information content (AvgIpc) is 2.83. The van der Waals surface area contributed by atoms with Gasteiger partial charge in [0.15, 0.2) is 11.2 Å². The van der Waals surface area contributed by atoms with Gasteiger partial charge in [-0.1, -0.05) is 0 Å². The van der Waals surface area contributed by atoms with E-state index in [2.05, 4.69) is 5.10 Å². The second kappa shape index (κ2) is 5.15. The van der Waals surface area contributed by atoms with Gasteiger partial charge in [0.25, 0.3) is 5.56 Å². The zero-order valence-electron chi connectivity index (χ0n) is 12.5. The van der Waals surface area contributed by atoms with E-state index in [-0.39, 0.29) is 22.5 Å². The van der Waals surface area contributed by atoms with Crippen LogP contribution in [0.5, 0.6) is 5.88 Å². The van der Waals surface area contributed by atoms with E-state index in [9.17, 15) is 23.5 Å². The number of aryl methyl sites for hydroxylation is 2. The van der Waals surface area contributed by atoms with Crippen LogP contribution < -0.4 is 5.56 Å². The van der Waals surface area contributed by atoms with Crippen molar-refractivity contribution in [2.24, 2.45) is 7.05 Å². The van der Waals surface area contributed by atoms with Crippen LogP contribution in [0.3, 0.4) is 0 Å². The molecular weight excluding hydrogens is 324 g/mol. The largest absolute Gasteiger partial charge is 0.494 e. The van der Waals surface area contributed by atoms with Crippen LogP contribution in [-0.4, -0.2) is 30.4 Å². The van der Waals surface area contributed by atoms with Crippen molar-refractivity contribution >= 4 is 11.6 Å². The summed E-state index contributed by atoms with van der Waals surface area (Å²) in [5.74, 6) is -4.04. The van der Waals surface area contributed by atoms with E-state index in [1.165, 1.54) is 20.0 Å². The number of hydrogen-bond acceptors (Lipinski definition) is 4. The Balaban J connectivity index is 2.50. The summed E-state index contributed by atoms with van der Waals surface area (Å²) in [6, 6.07) is 2.91. The predicted molar refractivity (Wildman–Crippen MR) is 79.1 cm³/mol. The number of benzene rings is 1. The highest BCUT2D eigenvalue weighted by Crippen LogP contribution is 2.31. The van der Waals surface area contributed by atoms with E-state index >= 15 is 0 Å². The molecule has 2 N–H and O–H groups in total. The number of aromatic carboxylic acids is 1. The summed E-state index contributed by atoms with van der Waals surface area (Å²) in [6.45, 7) is 1.49. The first-order valence-electron chi connectivity index (χ1n) is 6.74. The van der Waals surface area contributed by atoms with Crippen LogP contribution in [0.2, 0.25) is 0 Å². The van der Waals surface area contributed by atoms with E-state index < -0.39 is 34.6 Å². The van der Waals surface area contributed by atoms with Crippen LogP contribution in [0.1, 0.15) is 16.1 Å². The van der Waals surface area contributed by atoms with Crippen LogP contribution in [0.25, 0.3) is 16.8 Å². The third kappa shape index (κ3) is 2.05. The molecular formula is C15H11F2N3O4. The van der Waals surface area contributed by atoms with E-state index in [1.807, 2.05) is 0 Å². The highest BCUT2D eigenvalue weighted by molar-refractivity contribution is 5.91. The average molecular weight is 335 g/mol. The maximum absolute atomic E-state index is 14.1. The molecule has 3 aromatic rings. The minimum absolute atomic E-state index is 0.00879. The molecule has 2 heterocycles. The molecule has 0 saturated carbocycles. The summed E-state index contributed by atoms with van der Waals surface area (Å²) in [5.41, 5.74) is -1.56. The van der Waals surface area contributed by atoms with Crippen LogP contribution in [0.4, 0.5) is 8.78 Å². The monoisotopic (exact) mass is 335 g/mol. The van der Waals surface area contributed by atoms with Gasteiger partial charge in [0.05, 0.1) is 11.3 Å². The lowest BCUT2D eigenvalue weighted by Gasteiger charge is -2.10. The van der Waals surface area contributed by atoms with Gasteiger partial charge in [-0.15, -0.1) is 0 Å². The van der Waals surface area contributed by atoms with Crippen molar-refractivity contribution in [1.29, 1.82) is 0 Å². The molecule has 7 nitrogen and oxygen atoms in total. The quantitative estimate of drug-likeness (QED) is 0.743. The van der Waals surface area contributed by atoms with Gasteiger partial charge in [-0.25, -0.2) is 13.6 Å². The molecule has 0 aliphatic rings. The van der Waals surface area contributed by atoms with Crippen LogP contribution >= 0.6 is 0 Å². The standard InChI is InChI=1S/C15H11F2N3O4/c1-6-10(8-4-3-7(16)5-9(8)17)12-19(2)13(21)11(15(23)24)14(22)20(12)18-6/h3-5,21H,1-2H3,(H,23,24). The molecule has 0 amide bonds. The minimum atomic E-state index is -1.61. The van der Waals surface area contributed by atoms with Crippen LogP contribution in [0, 0.1) is 18.6 Å². The maximum Gasteiger partial charge on any atom is 0.346 e. The molecule has 0 unspecified atom stereocenters. The van der Waals surface area contributed by atoms with Crippen molar-refractivity contribution in [3.8, 4) is 17.0 Å². The van der Waals surface area contributed by atoms with Crippen molar-refractivity contribution in [3.63, 3.8) is 0 Å². The topological polar surface area (TPSA) is 96.8 Å². The van der Waals surface area contributed by atoms with Crippen molar-refractivity contribution in [1.82, 2.24) is 14.2 Å². The maximum atomic E-state index is 14.1. The third-order valence-electron chi connectivity index (χ3n) is 3.72. The lowest BCUT2D eigenvalue weighted by molar-refractivity contribution is 0.0689. The molecule has 0 radical (unpaired) electrons. The van der Waals surface area contributed by atoms with E-state index in [4.69, 9.17) is 5.11 Å². The van der Waals surface area contributed by atoms with Crippen LogP contribution in [0.15, 0.2) is 23.0 Å². The van der Waals surface area contributed by atoms with Gasteiger partial charge in [0.1, 0.15) is 11.6 Å². The Hall–Kier alpha value is -3.23. The summed E-state index contributed by atoms with van der Waals surface area (Å²) in [4.78, 5) is 23.4. The Labute approximate surface area is 133 Å². The highest BCUT2D eigenvalue weighted by Gasteiger charge is 2.26. The van der Waals surface area contributed by atoms with E-state index in [1.54, 1.807) is 0 Å². The molecule has 1 aromatic carbocycles. The molecule has 0 bridgehead atoms. The number of carbonyl (C=O) groups is 1. The van der Waals surface area contributed by atoms with Crippen molar-refractivity contribution < 1.29 is 23.8 Å². The minimum Gasteiger partial charge on any atom is -0.494 e. The Morgan fingerprint density at radius 1 is 1.29 bits per heavy atom. The second-order valence-electron chi connectivity index (χ2n) is 5.19. The van der Waals surface area contributed by atoms with Gasteiger partial charge in [-0.2, -0.15) is 9.61 Å². The van der Waals surface area contributed by atoms with Gasteiger partial charge in [-0.05, 0) is 19.1 Å². The van der Waals surface area contributed by atoms with Gasteiger partial charge in [0.2, 0.25) is 5.88 Å². The summed E-state index contributed by atoms with van der Waals surface area (Å²) in [5, 5.41) is 23.1. The number of rotatable bonds is 2. The van der Waals surface area contributed by atoms with Crippen LogP contribution in [-0.2, 0) is 7.05 Å². The Morgan fingerprint density at radius 3 is 2.54 bits per heavy atom. The van der Waals surface area contributed by atoms with E-state index in [0.29, 0.717) is 6.07 Å². The molecule has 0 spiro atoms. The fraction of sp³-hybridized carbons (Fsp3) is 0.133. The van der Waals surface area contributed by atoms with E-state index in [0.717, 1.165) is 15.1 Å². The number of aromatic hydroxyl groups is 1. The number of aromatic nitrogens is 3. The fourth-order valence-corrected chi connectivity index (χ4v) is 2.63. The smallest absolute Gasteiger partial charge is 0.346 e. The second-order valence-corrected chi connectivity index (χ2v) is 5.19. The molecule has 9 heteroatoms. The zero-order chi connectivity index (χ0) is 17.8. The summed E-state index contributed by atoms with van der Waals surface area (Å²) < 4.78 is 29.1. The number of carboxylic acid groups (broad SMARTS) is 1. The summed E-state index contributed by atoms with van der Waals surface area (Å²) >= 11 is 0. The third-order valence-corrected chi connectivity index (χ3v) is 3.72. The summed E-state index contributed by atoms with van der Waals surface area (Å²) in [7, 11) is 1.31. The molecule has 0 aliphatic carbocycles. The fourth-order valence-electron chi connectivity index (χ4n) is 2.63. The molecule has 3 rings (SSSR count). The molecule has 24 heavy (non-hydrogen) atoms. The number of hydrogen-bond donors (Lipinski definition) is 2. The number of carboxylic acids is 1. The lowest BCUT2D eigenvalue weighted by Crippen LogP contribution is -2.25. The summed E-state index contributed by atoms with van der Waals surface area (Å²) in [6.07, 6.45) is 0.